The number of rotatable bonds is 3. The Kier molecular flexibility index (Phi) is 5.27. The number of carbonyl (C=O) groups excluding carboxylic acids is 1. The molecule has 1 aromatic rings. The summed E-state index contributed by atoms with van der Waals surface area (Å²) in [6, 6.07) is 0. The molecule has 3 saturated heterocycles. The smallest absolute Gasteiger partial charge is 0.229 e. The number of ether oxygens (including phenoxy) is 2. The van der Waals surface area contributed by atoms with Crippen molar-refractivity contribution in [3.8, 4) is 0 Å². The van der Waals surface area contributed by atoms with Crippen molar-refractivity contribution in [1.82, 2.24) is 15.0 Å². The first-order chi connectivity index (χ1) is 12.7. The summed E-state index contributed by atoms with van der Waals surface area (Å²) in [5, 5.41) is 4.31. The van der Waals surface area contributed by atoms with Crippen LogP contribution in [-0.4, -0.2) is 60.5 Å². The molecule has 4 rings (SSSR count). The third kappa shape index (κ3) is 3.64. The molecule has 0 N–H and O–H groups in total. The molecule has 1 aromatic heterocycles. The highest BCUT2D eigenvalue weighted by Gasteiger charge is 2.40. The zero-order valence-corrected chi connectivity index (χ0v) is 15.6. The van der Waals surface area contributed by atoms with Gasteiger partial charge in [-0.05, 0) is 38.5 Å². The highest BCUT2D eigenvalue weighted by Crippen LogP contribution is 2.35. The van der Waals surface area contributed by atoms with Crippen LogP contribution in [0.25, 0.3) is 0 Å². The fourth-order valence-corrected chi connectivity index (χ4v) is 4.40. The predicted molar refractivity (Wildman–Crippen MR) is 93.8 cm³/mol. The van der Waals surface area contributed by atoms with Gasteiger partial charge in [-0.3, -0.25) is 4.79 Å². The molecular weight excluding hydrogens is 334 g/mol. The Hall–Kier alpha value is -1.47. The second-order valence-corrected chi connectivity index (χ2v) is 8.15. The van der Waals surface area contributed by atoms with Crippen LogP contribution in [-0.2, 0) is 19.7 Å². The fourth-order valence-electron chi connectivity index (χ4n) is 4.40. The van der Waals surface area contributed by atoms with Crippen LogP contribution in [0.5, 0.6) is 0 Å². The zero-order valence-electron chi connectivity index (χ0n) is 15.6. The van der Waals surface area contributed by atoms with Crippen LogP contribution in [0.1, 0.15) is 63.1 Å². The van der Waals surface area contributed by atoms with Crippen molar-refractivity contribution in [3.63, 3.8) is 0 Å². The van der Waals surface area contributed by atoms with Gasteiger partial charge < -0.3 is 18.9 Å². The molecule has 144 valence electrons. The summed E-state index contributed by atoms with van der Waals surface area (Å²) in [5.41, 5.74) is -0.230. The lowest BCUT2D eigenvalue weighted by Gasteiger charge is -2.40. The lowest BCUT2D eigenvalue weighted by atomic mass is 9.80. The van der Waals surface area contributed by atoms with Gasteiger partial charge in [-0.15, -0.1) is 0 Å². The van der Waals surface area contributed by atoms with Crippen LogP contribution in [0, 0.1) is 5.92 Å². The van der Waals surface area contributed by atoms with Gasteiger partial charge in [0.15, 0.2) is 5.82 Å². The van der Waals surface area contributed by atoms with Crippen molar-refractivity contribution in [2.45, 2.75) is 56.8 Å². The van der Waals surface area contributed by atoms with Gasteiger partial charge in [0.2, 0.25) is 11.8 Å². The Morgan fingerprint density at radius 2 is 1.81 bits per heavy atom. The number of aromatic nitrogens is 2. The fraction of sp³-hybridized carbons (Fsp3) is 0.842. The Balaban J connectivity index is 1.45. The minimum atomic E-state index is -0.230. The summed E-state index contributed by atoms with van der Waals surface area (Å²) >= 11 is 0. The van der Waals surface area contributed by atoms with E-state index >= 15 is 0 Å². The Labute approximate surface area is 154 Å². The molecular formula is C19H29N3O4. The predicted octanol–water partition coefficient (Wildman–Crippen LogP) is 2.27. The van der Waals surface area contributed by atoms with Crippen LogP contribution in [0.4, 0.5) is 0 Å². The molecule has 4 heterocycles. The van der Waals surface area contributed by atoms with E-state index in [-0.39, 0.29) is 17.2 Å². The van der Waals surface area contributed by atoms with E-state index in [4.69, 9.17) is 19.0 Å². The van der Waals surface area contributed by atoms with E-state index < -0.39 is 0 Å². The summed E-state index contributed by atoms with van der Waals surface area (Å²) in [4.78, 5) is 19.7. The summed E-state index contributed by atoms with van der Waals surface area (Å²) in [5.74, 6) is 2.17. The van der Waals surface area contributed by atoms with E-state index in [0.717, 1.165) is 70.0 Å². The summed E-state index contributed by atoms with van der Waals surface area (Å²) in [7, 11) is 0. The first kappa shape index (κ1) is 17.9. The Morgan fingerprint density at radius 3 is 2.54 bits per heavy atom. The zero-order chi connectivity index (χ0) is 18.0. The number of hydrogen-bond donors (Lipinski definition) is 0. The van der Waals surface area contributed by atoms with Gasteiger partial charge in [0.25, 0.3) is 0 Å². The average Bonchev–Trinajstić information content (AvgIpc) is 3.20. The van der Waals surface area contributed by atoms with Crippen molar-refractivity contribution >= 4 is 5.91 Å². The van der Waals surface area contributed by atoms with Gasteiger partial charge in [-0.1, -0.05) is 12.1 Å². The molecule has 1 amide bonds. The molecule has 0 saturated carbocycles. The Morgan fingerprint density at radius 1 is 1.12 bits per heavy atom. The molecule has 7 nitrogen and oxygen atoms in total. The van der Waals surface area contributed by atoms with E-state index in [1.807, 2.05) is 4.90 Å². The molecule has 0 bridgehead atoms. The first-order valence-corrected chi connectivity index (χ1v) is 9.94. The minimum absolute atomic E-state index is 0.106. The molecule has 0 aromatic carbocycles. The SMILES string of the molecule is CC1(c2noc(C3CCOCC3)n2)CCCN(C(=O)C2CCOCC2)C1. The maximum atomic E-state index is 12.9. The number of hydrogen-bond acceptors (Lipinski definition) is 6. The van der Waals surface area contributed by atoms with Crippen molar-refractivity contribution < 1.29 is 18.8 Å². The van der Waals surface area contributed by atoms with Crippen molar-refractivity contribution in [2.24, 2.45) is 5.92 Å². The monoisotopic (exact) mass is 363 g/mol. The minimum Gasteiger partial charge on any atom is -0.381 e. The molecule has 1 atom stereocenters. The molecule has 0 aliphatic carbocycles. The number of carbonyl (C=O) groups is 1. The largest absolute Gasteiger partial charge is 0.381 e. The van der Waals surface area contributed by atoms with Crippen LogP contribution in [0.15, 0.2) is 4.52 Å². The molecule has 3 fully saturated rings. The van der Waals surface area contributed by atoms with Gasteiger partial charge in [0.1, 0.15) is 0 Å². The highest BCUT2D eigenvalue weighted by molar-refractivity contribution is 5.79. The highest BCUT2D eigenvalue weighted by atomic mass is 16.5. The second kappa shape index (κ2) is 7.64. The van der Waals surface area contributed by atoms with Gasteiger partial charge in [0.05, 0.1) is 0 Å². The maximum absolute atomic E-state index is 12.9. The number of piperidine rings is 1. The number of amides is 1. The average molecular weight is 363 g/mol. The van der Waals surface area contributed by atoms with Crippen molar-refractivity contribution in [3.05, 3.63) is 11.7 Å². The van der Waals surface area contributed by atoms with E-state index in [1.165, 1.54) is 0 Å². The van der Waals surface area contributed by atoms with Crippen LogP contribution in [0.2, 0.25) is 0 Å². The van der Waals surface area contributed by atoms with Crippen molar-refractivity contribution in [1.29, 1.82) is 0 Å². The van der Waals surface area contributed by atoms with Crippen LogP contribution >= 0.6 is 0 Å². The molecule has 26 heavy (non-hydrogen) atoms. The summed E-state index contributed by atoms with van der Waals surface area (Å²) < 4.78 is 16.4. The van der Waals surface area contributed by atoms with Gasteiger partial charge in [-0.25, -0.2) is 0 Å². The lowest BCUT2D eigenvalue weighted by molar-refractivity contribution is -0.140. The van der Waals surface area contributed by atoms with Gasteiger partial charge in [0, 0.05) is 56.8 Å². The number of nitrogens with zero attached hydrogens (tertiary/aromatic N) is 3. The van der Waals surface area contributed by atoms with E-state index in [1.54, 1.807) is 0 Å². The normalized spacial score (nSPS) is 29.0. The summed E-state index contributed by atoms with van der Waals surface area (Å²) in [6.07, 6.45) is 5.51. The topological polar surface area (TPSA) is 77.7 Å². The lowest BCUT2D eigenvalue weighted by Crippen LogP contribution is -2.50. The molecule has 1 unspecified atom stereocenters. The molecule has 7 heteroatoms. The molecule has 3 aliphatic rings. The van der Waals surface area contributed by atoms with E-state index in [9.17, 15) is 4.79 Å². The summed E-state index contributed by atoms with van der Waals surface area (Å²) in [6.45, 7) is 6.57. The van der Waals surface area contributed by atoms with E-state index in [2.05, 4.69) is 12.1 Å². The van der Waals surface area contributed by atoms with E-state index in [0.29, 0.717) is 25.7 Å². The maximum Gasteiger partial charge on any atom is 0.229 e. The third-order valence-corrected chi connectivity index (χ3v) is 6.13. The van der Waals surface area contributed by atoms with Gasteiger partial charge >= 0.3 is 0 Å². The van der Waals surface area contributed by atoms with Crippen molar-refractivity contribution in [2.75, 3.05) is 39.5 Å². The third-order valence-electron chi connectivity index (χ3n) is 6.13. The van der Waals surface area contributed by atoms with Crippen LogP contribution < -0.4 is 0 Å². The molecule has 3 aliphatic heterocycles. The number of likely N-dealkylation sites (tertiary alicyclic amines) is 1. The van der Waals surface area contributed by atoms with Gasteiger partial charge in [-0.2, -0.15) is 4.98 Å². The Bertz CT molecular complexity index is 622. The molecule has 0 radical (unpaired) electrons. The second-order valence-electron chi connectivity index (χ2n) is 8.15. The molecule has 0 spiro atoms. The van der Waals surface area contributed by atoms with Crippen LogP contribution in [0.3, 0.4) is 0 Å². The standard InChI is InChI=1S/C19H29N3O4/c1-19(18-20-16(26-21-18)14-3-9-24-10-4-14)7-2-8-22(13-19)17(23)15-5-11-25-12-6-15/h14-15H,2-13H2,1H3. The first-order valence-electron chi connectivity index (χ1n) is 9.94. The quantitative estimate of drug-likeness (QED) is 0.820.